The van der Waals surface area contributed by atoms with Crippen LogP contribution in [0.15, 0.2) is 133 Å². The minimum Gasteiger partial charge on any atom is -0.338 e. The molecule has 58 heavy (non-hydrogen) atoms. The third-order valence-electron chi connectivity index (χ3n) is 14.1. The Morgan fingerprint density at radius 2 is 0.862 bits per heavy atom. The van der Waals surface area contributed by atoms with Gasteiger partial charge in [0.15, 0.2) is 0 Å². The van der Waals surface area contributed by atoms with Gasteiger partial charge in [0, 0.05) is 34.8 Å². The number of hydrogen-bond donors (Lipinski definition) is 0. The maximum Gasteiger partial charge on any atom is 0.0991 e. The Kier molecular flexibility index (Phi) is 8.55. The van der Waals surface area contributed by atoms with E-state index in [1.54, 1.807) is 0 Å². The van der Waals surface area contributed by atoms with Crippen LogP contribution in [0.5, 0.6) is 0 Å². The van der Waals surface area contributed by atoms with Gasteiger partial charge in [0.2, 0.25) is 0 Å². The molecule has 7 aromatic rings. The number of fused-ring (bicyclic) bond motifs is 6. The summed E-state index contributed by atoms with van der Waals surface area (Å²) in [5, 5.41) is 24.7. The SMILES string of the molecule is N#Cc1ccc2c(c1)CC1CCCCC1N2c1ccc2c(-c3ccccc3)c3cc(N4c5ccc(C#N)cc5CC5CCCCC54)ccc3c(-c3ccccc3)c2c1. The first-order chi connectivity index (χ1) is 28.7. The average molecular weight is 751 g/mol. The molecule has 282 valence electrons. The minimum absolute atomic E-state index is 0.434. The van der Waals surface area contributed by atoms with Crippen molar-refractivity contribution in [2.24, 2.45) is 11.8 Å². The van der Waals surface area contributed by atoms with Crippen molar-refractivity contribution >= 4 is 44.3 Å². The standard InChI is InChI=1S/C54H46N4/c55-33-35-19-25-51-41(27-35)29-39-15-7-9-17-49(39)57(51)43-22-24-46-47(31-43)53(37-11-3-1-4-12-37)45-23-21-44(32-48(45)54(46)38-13-5-2-6-14-38)58-50-18-10-8-16-40(50)30-42-28-36(34-56)20-26-52(42)58/h1-6,11-14,19-28,31-32,39-40,49-50H,7-10,15-18,29-30H2. The molecule has 4 unspecified atom stereocenters. The first kappa shape index (κ1) is 34.9. The number of benzene rings is 7. The summed E-state index contributed by atoms with van der Waals surface area (Å²) < 4.78 is 0. The van der Waals surface area contributed by atoms with Crippen LogP contribution in [0, 0.1) is 34.5 Å². The fraction of sp³-hybridized carbons (Fsp3) is 0.259. The van der Waals surface area contributed by atoms with E-state index in [9.17, 15) is 10.5 Å². The third kappa shape index (κ3) is 5.69. The molecule has 4 nitrogen and oxygen atoms in total. The number of nitrogens with zero attached hydrogens (tertiary/aromatic N) is 4. The van der Waals surface area contributed by atoms with Gasteiger partial charge in [-0.25, -0.2) is 0 Å². The van der Waals surface area contributed by atoms with Crippen LogP contribution in [0.3, 0.4) is 0 Å². The Hall–Kier alpha value is -6.36. The molecule has 4 heteroatoms. The second-order valence-corrected chi connectivity index (χ2v) is 17.2. The van der Waals surface area contributed by atoms with Gasteiger partial charge in [-0.2, -0.15) is 10.5 Å². The van der Waals surface area contributed by atoms with Crippen molar-refractivity contribution in [3.05, 3.63) is 156 Å². The van der Waals surface area contributed by atoms with Gasteiger partial charge in [0.05, 0.1) is 23.3 Å². The molecule has 0 amide bonds. The summed E-state index contributed by atoms with van der Waals surface area (Å²) in [5.41, 5.74) is 14.0. The average Bonchev–Trinajstić information content (AvgIpc) is 3.29. The number of nitriles is 2. The van der Waals surface area contributed by atoms with Crippen LogP contribution in [0.1, 0.15) is 73.6 Å². The smallest absolute Gasteiger partial charge is 0.0991 e. The molecular weight excluding hydrogens is 705 g/mol. The van der Waals surface area contributed by atoms with E-state index in [0.717, 1.165) is 24.0 Å². The zero-order chi connectivity index (χ0) is 38.7. The van der Waals surface area contributed by atoms with Gasteiger partial charge >= 0.3 is 0 Å². The summed E-state index contributed by atoms with van der Waals surface area (Å²) in [6.07, 6.45) is 12.0. The summed E-state index contributed by atoms with van der Waals surface area (Å²) in [6, 6.07) is 54.9. The predicted octanol–water partition coefficient (Wildman–Crippen LogP) is 13.6. The first-order valence-electron chi connectivity index (χ1n) is 21.5. The van der Waals surface area contributed by atoms with Crippen LogP contribution in [0.2, 0.25) is 0 Å². The minimum atomic E-state index is 0.434. The second kappa shape index (κ2) is 14.2. The summed E-state index contributed by atoms with van der Waals surface area (Å²) in [4.78, 5) is 5.28. The highest BCUT2D eigenvalue weighted by Crippen LogP contribution is 2.51. The van der Waals surface area contributed by atoms with Crippen molar-refractivity contribution in [2.75, 3.05) is 9.80 Å². The maximum absolute atomic E-state index is 9.85. The van der Waals surface area contributed by atoms with E-state index < -0.39 is 0 Å². The van der Waals surface area contributed by atoms with Crippen LogP contribution < -0.4 is 9.80 Å². The molecule has 4 atom stereocenters. The lowest BCUT2D eigenvalue weighted by atomic mass is 9.75. The Labute approximate surface area is 341 Å². The van der Waals surface area contributed by atoms with Crippen LogP contribution in [0.25, 0.3) is 43.8 Å². The molecule has 11 rings (SSSR count). The topological polar surface area (TPSA) is 54.1 Å². The highest BCUT2D eigenvalue weighted by atomic mass is 15.2. The van der Waals surface area contributed by atoms with Crippen molar-refractivity contribution < 1.29 is 0 Å². The fourth-order valence-corrected chi connectivity index (χ4v) is 11.6. The molecule has 2 aliphatic heterocycles. The lowest BCUT2D eigenvalue weighted by Gasteiger charge is -2.46. The van der Waals surface area contributed by atoms with Crippen LogP contribution in [0.4, 0.5) is 22.7 Å². The number of anilines is 4. The fourth-order valence-electron chi connectivity index (χ4n) is 11.6. The Morgan fingerprint density at radius 3 is 1.29 bits per heavy atom. The predicted molar refractivity (Wildman–Crippen MR) is 238 cm³/mol. The molecule has 2 saturated carbocycles. The van der Waals surface area contributed by atoms with E-state index >= 15 is 0 Å². The summed E-state index contributed by atoms with van der Waals surface area (Å²) >= 11 is 0. The number of rotatable bonds is 4. The van der Waals surface area contributed by atoms with E-state index in [-0.39, 0.29) is 0 Å². The van der Waals surface area contributed by atoms with Crippen molar-refractivity contribution in [3.63, 3.8) is 0 Å². The molecule has 0 aromatic heterocycles. The normalized spacial score (nSPS) is 21.0. The lowest BCUT2D eigenvalue weighted by Crippen LogP contribution is -2.44. The van der Waals surface area contributed by atoms with Crippen molar-refractivity contribution in [2.45, 2.75) is 76.3 Å². The molecule has 4 aliphatic rings. The van der Waals surface area contributed by atoms with Crippen molar-refractivity contribution in [1.29, 1.82) is 10.5 Å². The van der Waals surface area contributed by atoms with E-state index in [2.05, 4.69) is 143 Å². The third-order valence-corrected chi connectivity index (χ3v) is 14.1. The molecular formula is C54H46N4. The monoisotopic (exact) mass is 750 g/mol. The first-order valence-corrected chi connectivity index (χ1v) is 21.5. The van der Waals surface area contributed by atoms with E-state index in [4.69, 9.17) is 0 Å². The number of hydrogen-bond acceptors (Lipinski definition) is 4. The van der Waals surface area contributed by atoms with Gasteiger partial charge in [-0.05, 0) is 166 Å². The van der Waals surface area contributed by atoms with Crippen LogP contribution in [-0.2, 0) is 12.8 Å². The van der Waals surface area contributed by atoms with E-state index in [1.807, 2.05) is 12.1 Å². The highest BCUT2D eigenvalue weighted by molar-refractivity contribution is 6.22. The van der Waals surface area contributed by atoms with Gasteiger partial charge in [-0.3, -0.25) is 0 Å². The second-order valence-electron chi connectivity index (χ2n) is 17.2. The maximum atomic E-state index is 9.85. The highest BCUT2D eigenvalue weighted by Gasteiger charge is 2.39. The molecule has 2 fully saturated rings. The Morgan fingerprint density at radius 1 is 0.431 bits per heavy atom. The van der Waals surface area contributed by atoms with Crippen molar-refractivity contribution in [1.82, 2.24) is 0 Å². The van der Waals surface area contributed by atoms with Gasteiger partial charge in [-0.1, -0.05) is 98.5 Å². The van der Waals surface area contributed by atoms with Gasteiger partial charge < -0.3 is 9.80 Å². The molecule has 0 bridgehead atoms. The Balaban J connectivity index is 1.18. The molecule has 2 aliphatic carbocycles. The molecule has 2 heterocycles. The Bertz CT molecular complexity index is 2620. The molecule has 0 saturated heterocycles. The van der Waals surface area contributed by atoms with E-state index in [0.29, 0.717) is 23.9 Å². The zero-order valence-corrected chi connectivity index (χ0v) is 32.9. The quantitative estimate of drug-likeness (QED) is 0.168. The zero-order valence-electron chi connectivity index (χ0n) is 32.9. The van der Waals surface area contributed by atoms with Crippen LogP contribution in [-0.4, -0.2) is 12.1 Å². The lowest BCUT2D eigenvalue weighted by molar-refractivity contribution is 0.293. The molecule has 0 radical (unpaired) electrons. The largest absolute Gasteiger partial charge is 0.338 e. The van der Waals surface area contributed by atoms with Crippen LogP contribution >= 0.6 is 0 Å². The molecule has 0 N–H and O–H groups in total. The summed E-state index contributed by atoms with van der Waals surface area (Å²) in [6.45, 7) is 0. The van der Waals surface area contributed by atoms with Crippen molar-refractivity contribution in [3.8, 4) is 34.4 Å². The summed E-state index contributed by atoms with van der Waals surface area (Å²) in [7, 11) is 0. The summed E-state index contributed by atoms with van der Waals surface area (Å²) in [5.74, 6) is 1.15. The van der Waals surface area contributed by atoms with E-state index in [1.165, 1.54) is 129 Å². The molecule has 0 spiro atoms. The van der Waals surface area contributed by atoms with Gasteiger partial charge in [-0.15, -0.1) is 0 Å². The van der Waals surface area contributed by atoms with Gasteiger partial charge in [0.1, 0.15) is 0 Å². The van der Waals surface area contributed by atoms with Gasteiger partial charge in [0.25, 0.3) is 0 Å². The molecule has 7 aromatic carbocycles.